The molecule has 2 aromatic carbocycles. The fourth-order valence-corrected chi connectivity index (χ4v) is 4.18. The molecule has 0 saturated carbocycles. The van der Waals surface area contributed by atoms with Crippen molar-refractivity contribution in [3.63, 3.8) is 0 Å². The average Bonchev–Trinajstić information content (AvgIpc) is 2.83. The number of benzene rings is 2. The predicted molar refractivity (Wildman–Crippen MR) is 122 cm³/mol. The Morgan fingerprint density at radius 2 is 1.86 bits per heavy atom. The number of aryl methyl sites for hydroxylation is 2. The van der Waals surface area contributed by atoms with E-state index in [0.717, 1.165) is 17.7 Å². The summed E-state index contributed by atoms with van der Waals surface area (Å²) in [6.45, 7) is 2.98. The molecule has 0 spiro atoms. The number of aromatic nitrogens is 2. The van der Waals surface area contributed by atoms with E-state index in [-0.39, 0.29) is 56.3 Å². The third-order valence-corrected chi connectivity index (χ3v) is 6.09. The molecule has 0 atom stereocenters. The number of piperazine rings is 1. The lowest BCUT2D eigenvalue weighted by atomic mass is 10.1. The minimum Gasteiger partial charge on any atom is -0.362 e. The number of nitrogens with zero attached hydrogens (tertiary/aromatic N) is 5. The number of hydrogen-bond donors (Lipinski definition) is 0. The van der Waals surface area contributed by atoms with Crippen molar-refractivity contribution in [2.24, 2.45) is 0 Å². The number of halogens is 3. The van der Waals surface area contributed by atoms with Gasteiger partial charge in [0.05, 0.1) is 27.7 Å². The van der Waals surface area contributed by atoms with Crippen molar-refractivity contribution in [3.8, 4) is 0 Å². The lowest BCUT2D eigenvalue weighted by Crippen LogP contribution is -2.49. The molecule has 1 aliphatic rings. The van der Waals surface area contributed by atoms with Gasteiger partial charge in [-0.25, -0.2) is 4.98 Å². The summed E-state index contributed by atoms with van der Waals surface area (Å²) < 4.78 is 40.3. The van der Waals surface area contributed by atoms with Crippen molar-refractivity contribution in [1.82, 2.24) is 14.5 Å². The van der Waals surface area contributed by atoms with E-state index in [4.69, 9.17) is 0 Å². The molecule has 1 fully saturated rings. The zero-order valence-electron chi connectivity index (χ0n) is 18.8. The highest BCUT2D eigenvalue weighted by atomic mass is 19.4. The number of carbonyl (C=O) groups excluding carboxylic acids is 1. The van der Waals surface area contributed by atoms with Gasteiger partial charge in [-0.2, -0.15) is 13.2 Å². The third kappa shape index (κ3) is 4.96. The van der Waals surface area contributed by atoms with Crippen molar-refractivity contribution in [2.45, 2.75) is 26.1 Å². The molecule has 4 rings (SSSR count). The van der Waals surface area contributed by atoms with Crippen molar-refractivity contribution in [1.29, 1.82) is 0 Å². The van der Waals surface area contributed by atoms with E-state index in [1.165, 1.54) is 10.9 Å². The monoisotopic (exact) mass is 489 g/mol. The van der Waals surface area contributed by atoms with Crippen LogP contribution >= 0.6 is 0 Å². The Balaban J connectivity index is 1.40. The lowest BCUT2D eigenvalue weighted by molar-refractivity contribution is -0.384. The van der Waals surface area contributed by atoms with Crippen molar-refractivity contribution < 1.29 is 22.9 Å². The molecule has 0 bridgehead atoms. The van der Waals surface area contributed by atoms with Gasteiger partial charge >= 0.3 is 6.18 Å². The zero-order valence-corrected chi connectivity index (χ0v) is 18.8. The smallest absolute Gasteiger partial charge is 0.362 e. The number of amides is 1. The molecule has 35 heavy (non-hydrogen) atoms. The molecule has 1 aromatic heterocycles. The number of alkyl halides is 3. The van der Waals surface area contributed by atoms with Crippen LogP contribution in [0.3, 0.4) is 0 Å². The van der Waals surface area contributed by atoms with Crippen LogP contribution in [0.4, 0.5) is 24.5 Å². The molecule has 1 saturated heterocycles. The Hall–Kier alpha value is -3.96. The fourth-order valence-electron chi connectivity index (χ4n) is 4.18. The normalized spacial score (nSPS) is 14.4. The zero-order chi connectivity index (χ0) is 25.3. The topological polar surface area (TPSA) is 102 Å². The third-order valence-electron chi connectivity index (χ3n) is 6.09. The molecule has 0 radical (unpaired) electrons. The molecule has 12 heteroatoms. The Bertz CT molecular complexity index is 1350. The summed E-state index contributed by atoms with van der Waals surface area (Å²) in [6.07, 6.45) is -3.19. The van der Waals surface area contributed by atoms with Gasteiger partial charge in [-0.15, -0.1) is 0 Å². The van der Waals surface area contributed by atoms with Gasteiger partial charge in [-0.1, -0.05) is 12.1 Å². The standard InChI is InChI=1S/C23H22F3N5O4/c1-15-3-2-4-17-21(15)27-14-30(22(17)33)8-7-20(32)29-11-9-28(10-12-29)18-6-5-16(23(24,25)26)13-19(18)31(34)35/h2-6,13-14H,7-12H2,1H3. The van der Waals surface area contributed by atoms with Gasteiger partial charge in [0.25, 0.3) is 11.2 Å². The van der Waals surface area contributed by atoms with Crippen molar-refractivity contribution >= 4 is 28.2 Å². The molecule has 9 nitrogen and oxygen atoms in total. The van der Waals surface area contributed by atoms with Crippen LogP contribution in [0.5, 0.6) is 0 Å². The molecule has 0 unspecified atom stereocenters. The summed E-state index contributed by atoms with van der Waals surface area (Å²) in [5.74, 6) is -0.192. The van der Waals surface area contributed by atoms with Gasteiger partial charge < -0.3 is 9.80 Å². The Labute approximate surface area is 197 Å². The number of para-hydroxylation sites is 1. The maximum atomic E-state index is 13.0. The van der Waals surface area contributed by atoms with E-state index in [1.807, 2.05) is 13.0 Å². The first kappa shape index (κ1) is 24.2. The van der Waals surface area contributed by atoms with Crippen LogP contribution in [0.2, 0.25) is 0 Å². The molecular weight excluding hydrogens is 467 g/mol. The van der Waals surface area contributed by atoms with E-state index in [1.54, 1.807) is 21.9 Å². The van der Waals surface area contributed by atoms with E-state index in [9.17, 15) is 32.9 Å². The summed E-state index contributed by atoms with van der Waals surface area (Å²) in [4.78, 5) is 43.5. The first-order valence-electron chi connectivity index (χ1n) is 10.9. The number of nitro benzene ring substituents is 1. The van der Waals surface area contributed by atoms with E-state index in [0.29, 0.717) is 17.0 Å². The molecule has 3 aromatic rings. The van der Waals surface area contributed by atoms with E-state index in [2.05, 4.69) is 4.98 Å². The highest BCUT2D eigenvalue weighted by Gasteiger charge is 2.34. The molecular formula is C23H22F3N5O4. The quantitative estimate of drug-likeness (QED) is 0.402. The largest absolute Gasteiger partial charge is 0.416 e. The average molecular weight is 489 g/mol. The van der Waals surface area contributed by atoms with Crippen LogP contribution < -0.4 is 10.5 Å². The van der Waals surface area contributed by atoms with E-state index < -0.39 is 22.4 Å². The molecule has 1 aliphatic heterocycles. The second-order valence-corrected chi connectivity index (χ2v) is 8.29. The molecule has 0 aliphatic carbocycles. The fraction of sp³-hybridized carbons (Fsp3) is 0.348. The maximum Gasteiger partial charge on any atom is 0.416 e. The highest BCUT2D eigenvalue weighted by molar-refractivity contribution is 5.80. The SMILES string of the molecule is Cc1cccc2c(=O)n(CCC(=O)N3CCN(c4ccc(C(F)(F)F)cc4[N+](=O)[O-])CC3)cnc12. The molecule has 184 valence electrons. The van der Waals surface area contributed by atoms with Crippen LogP contribution in [0.25, 0.3) is 10.9 Å². The summed E-state index contributed by atoms with van der Waals surface area (Å²) in [5.41, 5.74) is -0.360. The molecule has 1 amide bonds. The van der Waals surface area contributed by atoms with Gasteiger partial charge in [-0.05, 0) is 30.7 Å². The highest BCUT2D eigenvalue weighted by Crippen LogP contribution is 2.36. The molecule has 2 heterocycles. The minimum absolute atomic E-state index is 0.0688. The van der Waals surface area contributed by atoms with E-state index >= 15 is 0 Å². The first-order chi connectivity index (χ1) is 16.6. The van der Waals surface area contributed by atoms with Gasteiger partial charge in [0.15, 0.2) is 0 Å². The number of hydrogen-bond acceptors (Lipinski definition) is 6. The van der Waals surface area contributed by atoms with Crippen LogP contribution in [-0.4, -0.2) is 51.5 Å². The summed E-state index contributed by atoms with van der Waals surface area (Å²) in [6, 6.07) is 7.77. The Morgan fingerprint density at radius 3 is 2.51 bits per heavy atom. The first-order valence-corrected chi connectivity index (χ1v) is 10.9. The summed E-state index contributed by atoms with van der Waals surface area (Å²) >= 11 is 0. The van der Waals surface area contributed by atoms with Crippen LogP contribution in [0.15, 0.2) is 47.5 Å². The second-order valence-electron chi connectivity index (χ2n) is 8.29. The predicted octanol–water partition coefficient (Wildman–Crippen LogP) is 3.37. The number of rotatable bonds is 5. The Morgan fingerprint density at radius 1 is 1.14 bits per heavy atom. The number of carbonyl (C=O) groups is 1. The van der Waals surface area contributed by atoms with Crippen molar-refractivity contribution in [3.05, 3.63) is 74.3 Å². The van der Waals surface area contributed by atoms with Gasteiger partial charge in [0.2, 0.25) is 5.91 Å². The Kier molecular flexibility index (Phi) is 6.46. The van der Waals surface area contributed by atoms with Crippen molar-refractivity contribution in [2.75, 3.05) is 31.1 Å². The maximum absolute atomic E-state index is 13.0. The second kappa shape index (κ2) is 9.35. The minimum atomic E-state index is -4.68. The van der Waals surface area contributed by atoms with Crippen LogP contribution in [-0.2, 0) is 17.5 Å². The van der Waals surface area contributed by atoms with Gasteiger partial charge in [0.1, 0.15) is 5.69 Å². The van der Waals surface area contributed by atoms with Gasteiger partial charge in [0, 0.05) is 45.2 Å². The van der Waals surface area contributed by atoms with Gasteiger partial charge in [-0.3, -0.25) is 24.3 Å². The summed E-state index contributed by atoms with van der Waals surface area (Å²) in [5, 5.41) is 11.9. The molecule has 0 N–H and O–H groups in total. The summed E-state index contributed by atoms with van der Waals surface area (Å²) in [7, 11) is 0. The number of fused-ring (bicyclic) bond motifs is 1. The number of anilines is 1. The van der Waals surface area contributed by atoms with Crippen LogP contribution in [0, 0.1) is 17.0 Å². The van der Waals surface area contributed by atoms with Crippen LogP contribution in [0.1, 0.15) is 17.5 Å². The lowest BCUT2D eigenvalue weighted by Gasteiger charge is -2.36. The number of nitro groups is 1.